The van der Waals surface area contributed by atoms with Gasteiger partial charge in [0, 0.05) is 48.3 Å². The number of nitrogens with one attached hydrogen (secondary N) is 1. The van der Waals surface area contributed by atoms with E-state index in [2.05, 4.69) is 24.1 Å². The lowest BCUT2D eigenvalue weighted by atomic mass is 9.53. The van der Waals surface area contributed by atoms with Gasteiger partial charge in [-0.25, -0.2) is 4.98 Å². The van der Waals surface area contributed by atoms with Crippen molar-refractivity contribution < 1.29 is 14.6 Å². The average Bonchev–Trinajstić information content (AvgIpc) is 3.18. The van der Waals surface area contributed by atoms with E-state index < -0.39 is 6.10 Å². The van der Waals surface area contributed by atoms with Crippen LogP contribution in [0.15, 0.2) is 24.5 Å². The normalized spacial score (nSPS) is 30.9. The number of hydrogen-bond donors (Lipinski definition) is 2. The van der Waals surface area contributed by atoms with Crippen molar-refractivity contribution in [3.63, 3.8) is 0 Å². The van der Waals surface area contributed by atoms with Crippen molar-refractivity contribution >= 4 is 17.2 Å². The third-order valence-electron chi connectivity index (χ3n) is 7.49. The maximum atomic E-state index is 12.6. The number of nitrogens with zero attached hydrogens (tertiary/aromatic N) is 2. The van der Waals surface area contributed by atoms with Crippen LogP contribution in [0.1, 0.15) is 50.1 Å². The number of amides is 1. The summed E-state index contributed by atoms with van der Waals surface area (Å²) < 4.78 is 5.03. The molecular formula is C24H33N3O3S. The maximum Gasteiger partial charge on any atom is 0.223 e. The fourth-order valence-electron chi connectivity index (χ4n) is 5.79. The quantitative estimate of drug-likeness (QED) is 0.666. The van der Waals surface area contributed by atoms with Crippen molar-refractivity contribution in [1.82, 2.24) is 15.3 Å². The molecule has 1 saturated carbocycles. The van der Waals surface area contributed by atoms with E-state index >= 15 is 0 Å². The van der Waals surface area contributed by atoms with Crippen LogP contribution in [-0.2, 0) is 16.0 Å². The molecule has 6 unspecified atom stereocenters. The van der Waals surface area contributed by atoms with Crippen molar-refractivity contribution in [3.8, 4) is 10.6 Å². The standard InChI is InChI=1S/C24H33N3O3S/c1-14(22(29)26-10-11-30-4)17-7-8-24(3)12-18-20(15(2)19(24)21(17)28)27-23(31-18)16-6-5-9-25-13-16/h5-6,9,13-15,17,19,21,28H,7-8,10-12H2,1-4H3,(H,26,29). The summed E-state index contributed by atoms with van der Waals surface area (Å²) in [7, 11) is 1.62. The Bertz CT molecular complexity index is 918. The van der Waals surface area contributed by atoms with Crippen LogP contribution in [0.2, 0.25) is 0 Å². The van der Waals surface area contributed by atoms with Crippen molar-refractivity contribution in [1.29, 1.82) is 0 Å². The third-order valence-corrected chi connectivity index (χ3v) is 8.61. The number of ether oxygens (including phenoxy) is 1. The van der Waals surface area contributed by atoms with Crippen molar-refractivity contribution in [3.05, 3.63) is 35.1 Å². The summed E-state index contributed by atoms with van der Waals surface area (Å²) in [6, 6.07) is 3.99. The summed E-state index contributed by atoms with van der Waals surface area (Å²) in [5.74, 6) is -0.0254. The minimum absolute atomic E-state index is 0.00127. The molecule has 0 spiro atoms. The molecule has 0 radical (unpaired) electrons. The summed E-state index contributed by atoms with van der Waals surface area (Å²) in [4.78, 5) is 23.2. The number of aliphatic hydroxyl groups excluding tert-OH is 1. The molecule has 0 saturated heterocycles. The second-order valence-corrected chi connectivity index (χ2v) is 10.6. The largest absolute Gasteiger partial charge is 0.392 e. The Hall–Kier alpha value is -1.83. The highest BCUT2D eigenvalue weighted by Crippen LogP contribution is 2.57. The fourth-order valence-corrected chi connectivity index (χ4v) is 7.14. The molecular weight excluding hydrogens is 410 g/mol. The number of methoxy groups -OCH3 is 1. The SMILES string of the molecule is COCCNC(=O)C(C)C1CCC2(C)Cc3sc(-c4cccnc4)nc3C(C)C2C1O. The minimum atomic E-state index is -0.520. The highest BCUT2D eigenvalue weighted by atomic mass is 32.1. The first-order valence-electron chi connectivity index (χ1n) is 11.2. The van der Waals surface area contributed by atoms with Crippen LogP contribution in [0.4, 0.5) is 0 Å². The molecule has 4 rings (SSSR count). The monoisotopic (exact) mass is 443 g/mol. The maximum absolute atomic E-state index is 12.6. The van der Waals surface area contributed by atoms with Gasteiger partial charge in [0.1, 0.15) is 5.01 Å². The van der Waals surface area contributed by atoms with Crippen molar-refractivity contribution in [2.45, 2.75) is 52.1 Å². The Morgan fingerprint density at radius 1 is 1.48 bits per heavy atom. The molecule has 0 aliphatic heterocycles. The lowest BCUT2D eigenvalue weighted by molar-refractivity contribution is -0.135. The number of rotatable bonds is 6. The molecule has 7 heteroatoms. The number of aromatic nitrogens is 2. The van der Waals surface area contributed by atoms with E-state index in [1.54, 1.807) is 24.6 Å². The van der Waals surface area contributed by atoms with Crippen molar-refractivity contribution in [2.24, 2.45) is 23.2 Å². The van der Waals surface area contributed by atoms with Gasteiger partial charge in [-0.15, -0.1) is 11.3 Å². The summed E-state index contributed by atoms with van der Waals surface area (Å²) >= 11 is 1.76. The number of carbonyl (C=O) groups excluding carboxylic acids is 1. The lowest BCUT2D eigenvalue weighted by Crippen LogP contribution is -2.53. The van der Waals surface area contributed by atoms with E-state index in [0.717, 1.165) is 35.5 Å². The Kier molecular flexibility index (Phi) is 6.47. The Morgan fingerprint density at radius 3 is 3.00 bits per heavy atom. The van der Waals surface area contributed by atoms with E-state index in [1.165, 1.54) is 4.88 Å². The number of fused-ring (bicyclic) bond motifs is 2. The molecule has 0 aromatic carbocycles. The van der Waals surface area contributed by atoms with E-state index in [1.807, 2.05) is 25.3 Å². The Labute approximate surface area is 188 Å². The molecule has 31 heavy (non-hydrogen) atoms. The van der Waals surface area contributed by atoms with Gasteiger partial charge in [-0.05, 0) is 48.6 Å². The van der Waals surface area contributed by atoms with E-state index in [0.29, 0.717) is 13.2 Å². The summed E-state index contributed by atoms with van der Waals surface area (Å²) in [6.07, 6.45) is 5.93. The first-order valence-corrected chi connectivity index (χ1v) is 12.0. The topological polar surface area (TPSA) is 84.3 Å². The number of pyridine rings is 1. The summed E-state index contributed by atoms with van der Waals surface area (Å²) in [6.45, 7) is 7.45. The zero-order chi connectivity index (χ0) is 22.2. The molecule has 2 aromatic rings. The summed E-state index contributed by atoms with van der Waals surface area (Å²) in [5.41, 5.74) is 2.18. The molecule has 2 aromatic heterocycles. The number of thiazole rings is 1. The van der Waals surface area contributed by atoms with Crippen LogP contribution in [0.25, 0.3) is 10.6 Å². The average molecular weight is 444 g/mol. The molecule has 2 aliphatic rings. The summed E-state index contributed by atoms with van der Waals surface area (Å²) in [5, 5.41) is 15.4. The predicted octanol–water partition coefficient (Wildman–Crippen LogP) is 3.66. The molecule has 0 bridgehead atoms. The second kappa shape index (κ2) is 8.96. The van der Waals surface area contributed by atoms with Crippen LogP contribution in [-0.4, -0.2) is 47.3 Å². The zero-order valence-electron chi connectivity index (χ0n) is 18.8. The number of aliphatic hydroxyl groups is 1. The van der Waals surface area contributed by atoms with Crippen LogP contribution in [0.3, 0.4) is 0 Å². The number of hydrogen-bond acceptors (Lipinski definition) is 6. The van der Waals surface area contributed by atoms with Gasteiger partial charge in [0.25, 0.3) is 0 Å². The first-order chi connectivity index (χ1) is 14.9. The van der Waals surface area contributed by atoms with Gasteiger partial charge in [-0.3, -0.25) is 9.78 Å². The molecule has 6 atom stereocenters. The predicted molar refractivity (Wildman–Crippen MR) is 122 cm³/mol. The van der Waals surface area contributed by atoms with Crippen LogP contribution >= 0.6 is 11.3 Å². The Morgan fingerprint density at radius 2 is 2.29 bits per heavy atom. The van der Waals surface area contributed by atoms with E-state index in [9.17, 15) is 9.90 Å². The van der Waals surface area contributed by atoms with Gasteiger partial charge >= 0.3 is 0 Å². The Balaban J connectivity index is 1.56. The van der Waals surface area contributed by atoms with E-state index in [4.69, 9.17) is 9.72 Å². The van der Waals surface area contributed by atoms with Gasteiger partial charge in [0.05, 0.1) is 18.4 Å². The van der Waals surface area contributed by atoms with Gasteiger partial charge < -0.3 is 15.2 Å². The zero-order valence-corrected chi connectivity index (χ0v) is 19.6. The van der Waals surface area contributed by atoms with Crippen LogP contribution in [0.5, 0.6) is 0 Å². The van der Waals surface area contributed by atoms with Crippen LogP contribution < -0.4 is 5.32 Å². The number of carbonyl (C=O) groups is 1. The van der Waals surface area contributed by atoms with Gasteiger partial charge in [-0.1, -0.05) is 20.8 Å². The highest BCUT2D eigenvalue weighted by molar-refractivity contribution is 7.15. The first kappa shape index (κ1) is 22.4. The molecule has 1 fully saturated rings. The molecule has 1 amide bonds. The molecule has 2 N–H and O–H groups in total. The molecule has 2 aliphatic carbocycles. The van der Waals surface area contributed by atoms with E-state index in [-0.39, 0.29) is 35.0 Å². The van der Waals surface area contributed by atoms with Crippen molar-refractivity contribution in [2.75, 3.05) is 20.3 Å². The molecule has 6 nitrogen and oxygen atoms in total. The van der Waals surface area contributed by atoms with Gasteiger partial charge in [0.15, 0.2) is 0 Å². The minimum Gasteiger partial charge on any atom is -0.392 e. The smallest absolute Gasteiger partial charge is 0.223 e. The fraction of sp³-hybridized carbons (Fsp3) is 0.625. The second-order valence-electron chi connectivity index (χ2n) is 9.48. The third kappa shape index (κ3) is 4.15. The lowest BCUT2D eigenvalue weighted by Gasteiger charge is -2.53. The highest BCUT2D eigenvalue weighted by Gasteiger charge is 2.53. The molecule has 168 valence electrons. The molecule has 2 heterocycles. The van der Waals surface area contributed by atoms with Crippen LogP contribution in [0, 0.1) is 23.2 Å². The van der Waals surface area contributed by atoms with Gasteiger partial charge in [-0.2, -0.15) is 0 Å². The van der Waals surface area contributed by atoms with Gasteiger partial charge in [0.2, 0.25) is 5.91 Å².